The first kappa shape index (κ1) is 20.2. The number of hydrogen-bond donors (Lipinski definition) is 0. The summed E-state index contributed by atoms with van der Waals surface area (Å²) in [5.74, 6) is 1.10. The number of ether oxygens (including phenoxy) is 3. The van der Waals surface area contributed by atoms with Crippen LogP contribution in [0, 0.1) is 55.3 Å². The van der Waals surface area contributed by atoms with Crippen LogP contribution >= 0.6 is 0 Å². The minimum absolute atomic E-state index is 0.0128. The average Bonchev–Trinajstić information content (AvgIpc) is 3.11. The number of hydrogen-bond acceptors (Lipinski definition) is 6. The SMILES string of the molecule is C[C@@H]1CCC2[C@@H](C)[C@H](OC(=O)CC[C]3[CH][CH][CH][CH]3)OC3O[C@]4(C)CC[C@@H]1[C@]32OO4. The summed E-state index contributed by atoms with van der Waals surface area (Å²) in [5, 5.41) is 0. The van der Waals surface area contributed by atoms with Crippen LogP contribution in [-0.2, 0) is 28.8 Å². The minimum atomic E-state index is -0.815. The van der Waals surface area contributed by atoms with E-state index < -0.39 is 24.0 Å². The number of carbonyl (C=O) groups excluding carboxylic acids is 1. The van der Waals surface area contributed by atoms with E-state index in [1.54, 1.807) is 0 Å². The molecule has 6 rings (SSSR count). The Balaban J connectivity index is 1.32. The number of fused-ring (bicyclic) bond motifs is 2. The topological polar surface area (TPSA) is 63.2 Å². The lowest BCUT2D eigenvalue weighted by Gasteiger charge is -2.59. The molecule has 8 atom stereocenters. The van der Waals surface area contributed by atoms with Crippen LogP contribution in [0.4, 0.5) is 0 Å². The predicted molar refractivity (Wildman–Crippen MR) is 103 cm³/mol. The molecule has 0 aromatic rings. The van der Waals surface area contributed by atoms with Gasteiger partial charge in [-0.05, 0) is 76.0 Å². The molecular formula is C23H31O6. The van der Waals surface area contributed by atoms with Gasteiger partial charge in [0.2, 0.25) is 12.1 Å². The Hall–Kier alpha value is -0.690. The molecule has 2 bridgehead atoms. The van der Waals surface area contributed by atoms with Crippen molar-refractivity contribution in [1.82, 2.24) is 0 Å². The maximum atomic E-state index is 12.5. The van der Waals surface area contributed by atoms with Gasteiger partial charge in [0.15, 0.2) is 11.9 Å². The lowest BCUT2D eigenvalue weighted by Crippen LogP contribution is -2.70. The highest BCUT2D eigenvalue weighted by atomic mass is 17.3. The molecule has 29 heavy (non-hydrogen) atoms. The summed E-state index contributed by atoms with van der Waals surface area (Å²) < 4.78 is 18.4. The van der Waals surface area contributed by atoms with Crippen LogP contribution in [0.1, 0.15) is 59.3 Å². The number of rotatable bonds is 4. The summed E-state index contributed by atoms with van der Waals surface area (Å²) in [6, 6.07) is 0. The number of carbonyl (C=O) groups is 1. The van der Waals surface area contributed by atoms with Gasteiger partial charge in [0.05, 0.1) is 0 Å². The molecule has 159 valence electrons. The fourth-order valence-electron chi connectivity index (χ4n) is 6.02. The first-order valence-corrected chi connectivity index (χ1v) is 11.0. The standard InChI is InChI=1S/C23H31O6/c1-14-8-10-18-15(2)20(25-19(24)11-9-16-6-4-5-7-16)26-21-23(18)17(14)12-13-22(3,27-21)28-29-23/h4-7,14-15,17-18,20-21H,8-13H2,1-3H3/t14-,15-,17+,18?,20-,21?,22+,23-/m1/s1. The van der Waals surface area contributed by atoms with Crippen molar-refractivity contribution in [1.29, 1.82) is 0 Å². The molecule has 6 nitrogen and oxygen atoms in total. The Morgan fingerprint density at radius 2 is 1.93 bits per heavy atom. The summed E-state index contributed by atoms with van der Waals surface area (Å²) in [6.07, 6.45) is 11.7. The largest absolute Gasteiger partial charge is 0.435 e. The molecule has 1 spiro atoms. The maximum absolute atomic E-state index is 12.5. The zero-order chi connectivity index (χ0) is 20.2. The second-order valence-corrected chi connectivity index (χ2v) is 9.56. The molecule has 2 saturated carbocycles. The van der Waals surface area contributed by atoms with Crippen LogP contribution in [0.25, 0.3) is 0 Å². The van der Waals surface area contributed by atoms with Gasteiger partial charge < -0.3 is 14.2 Å². The Labute approximate surface area is 173 Å². The molecular weight excluding hydrogens is 372 g/mol. The molecule has 6 heteroatoms. The van der Waals surface area contributed by atoms with E-state index in [-0.39, 0.29) is 17.8 Å². The molecule has 5 radical (unpaired) electrons. The van der Waals surface area contributed by atoms with Crippen molar-refractivity contribution in [2.45, 2.75) is 83.3 Å². The molecule has 0 amide bonds. The van der Waals surface area contributed by atoms with Crippen molar-refractivity contribution in [3.63, 3.8) is 0 Å². The fourth-order valence-corrected chi connectivity index (χ4v) is 6.02. The van der Waals surface area contributed by atoms with E-state index in [1.807, 2.05) is 32.6 Å². The molecule has 0 aromatic heterocycles. The summed E-state index contributed by atoms with van der Waals surface area (Å²) in [7, 11) is 0. The predicted octanol–water partition coefficient (Wildman–Crippen LogP) is 3.92. The molecule has 0 N–H and O–H groups in total. The number of esters is 1. The second-order valence-electron chi connectivity index (χ2n) is 9.56. The van der Waals surface area contributed by atoms with Gasteiger partial charge in [-0.15, -0.1) is 0 Å². The van der Waals surface area contributed by atoms with Gasteiger partial charge in [-0.3, -0.25) is 4.79 Å². The Bertz CT molecular complexity index is 633. The third kappa shape index (κ3) is 3.35. The van der Waals surface area contributed by atoms with Gasteiger partial charge >= 0.3 is 5.97 Å². The summed E-state index contributed by atoms with van der Waals surface area (Å²) in [6.45, 7) is 6.29. The van der Waals surface area contributed by atoms with Gasteiger partial charge in [0, 0.05) is 24.7 Å². The van der Waals surface area contributed by atoms with Crippen molar-refractivity contribution in [3.05, 3.63) is 31.6 Å². The van der Waals surface area contributed by atoms with Crippen LogP contribution in [0.5, 0.6) is 0 Å². The van der Waals surface area contributed by atoms with Crippen molar-refractivity contribution < 1.29 is 28.8 Å². The lowest BCUT2D eigenvalue weighted by atomic mass is 9.58. The summed E-state index contributed by atoms with van der Waals surface area (Å²) in [5.41, 5.74) is -0.620. The Morgan fingerprint density at radius 1 is 1.14 bits per heavy atom. The first-order valence-electron chi connectivity index (χ1n) is 11.0. The van der Waals surface area contributed by atoms with Gasteiger partial charge in [-0.2, -0.15) is 0 Å². The summed E-state index contributed by atoms with van der Waals surface area (Å²) >= 11 is 0. The van der Waals surface area contributed by atoms with E-state index in [4.69, 9.17) is 24.0 Å². The molecule has 6 fully saturated rings. The second kappa shape index (κ2) is 7.47. The zero-order valence-electron chi connectivity index (χ0n) is 17.5. The van der Waals surface area contributed by atoms with Crippen molar-refractivity contribution >= 4 is 5.97 Å². The van der Waals surface area contributed by atoms with Crippen LogP contribution in [0.3, 0.4) is 0 Å². The van der Waals surface area contributed by atoms with Crippen molar-refractivity contribution in [2.75, 3.05) is 0 Å². The van der Waals surface area contributed by atoms with E-state index in [9.17, 15) is 4.79 Å². The maximum Gasteiger partial charge on any atom is 0.308 e. The lowest BCUT2D eigenvalue weighted by molar-refractivity contribution is -0.576. The van der Waals surface area contributed by atoms with Crippen LogP contribution in [-0.4, -0.2) is 29.9 Å². The zero-order valence-corrected chi connectivity index (χ0v) is 17.5. The molecule has 4 saturated heterocycles. The van der Waals surface area contributed by atoms with Crippen LogP contribution in [0.15, 0.2) is 0 Å². The van der Waals surface area contributed by atoms with Gasteiger partial charge in [0.25, 0.3) is 0 Å². The van der Waals surface area contributed by atoms with Crippen molar-refractivity contribution in [2.24, 2.45) is 23.7 Å². The Morgan fingerprint density at radius 3 is 2.72 bits per heavy atom. The van der Waals surface area contributed by atoms with E-state index in [0.29, 0.717) is 24.7 Å². The third-order valence-electron chi connectivity index (χ3n) is 7.69. The van der Waals surface area contributed by atoms with Crippen LogP contribution < -0.4 is 0 Å². The Kier molecular flexibility index (Phi) is 5.21. The van der Waals surface area contributed by atoms with E-state index in [1.165, 1.54) is 0 Å². The quantitative estimate of drug-likeness (QED) is 0.524. The monoisotopic (exact) mass is 403 g/mol. The highest BCUT2D eigenvalue weighted by molar-refractivity contribution is 5.70. The van der Waals surface area contributed by atoms with E-state index in [2.05, 4.69) is 13.8 Å². The van der Waals surface area contributed by atoms with Gasteiger partial charge in [-0.1, -0.05) is 13.8 Å². The first-order chi connectivity index (χ1) is 13.9. The minimum Gasteiger partial charge on any atom is -0.435 e. The molecule has 2 aliphatic carbocycles. The third-order valence-corrected chi connectivity index (χ3v) is 7.69. The highest BCUT2D eigenvalue weighted by Gasteiger charge is 2.69. The molecule has 4 heterocycles. The van der Waals surface area contributed by atoms with E-state index in [0.717, 1.165) is 31.6 Å². The molecule has 6 aliphatic rings. The van der Waals surface area contributed by atoms with Gasteiger partial charge in [-0.25, -0.2) is 9.78 Å². The normalized spacial score (nSPS) is 49.5. The molecule has 0 aromatic carbocycles. The van der Waals surface area contributed by atoms with Crippen LogP contribution in [0.2, 0.25) is 0 Å². The fraction of sp³-hybridized carbons (Fsp3) is 0.739. The smallest absolute Gasteiger partial charge is 0.308 e. The molecule has 2 unspecified atom stereocenters. The molecule has 4 aliphatic heterocycles. The van der Waals surface area contributed by atoms with Gasteiger partial charge in [0.1, 0.15) is 0 Å². The highest BCUT2D eigenvalue weighted by Crippen LogP contribution is 2.60. The van der Waals surface area contributed by atoms with E-state index >= 15 is 0 Å². The average molecular weight is 403 g/mol. The van der Waals surface area contributed by atoms with Crippen molar-refractivity contribution in [3.8, 4) is 0 Å². The summed E-state index contributed by atoms with van der Waals surface area (Å²) in [4.78, 5) is 24.5.